The van der Waals surface area contributed by atoms with E-state index in [1.165, 1.54) is 22.3 Å². The first-order valence-corrected chi connectivity index (χ1v) is 13.5. The molecule has 0 fully saturated rings. The summed E-state index contributed by atoms with van der Waals surface area (Å²) in [6.45, 7) is 0. The summed E-state index contributed by atoms with van der Waals surface area (Å²) in [5.74, 6) is 0. The molecule has 2 N–H and O–H groups in total. The third kappa shape index (κ3) is 5.31. The van der Waals surface area contributed by atoms with Crippen molar-refractivity contribution in [2.75, 3.05) is 22.6 Å². The fourth-order valence-corrected chi connectivity index (χ4v) is 4.99. The Morgan fingerprint density at radius 1 is 0.350 bits per heavy atom. The maximum Gasteiger partial charge on any atom is 0.0463 e. The smallest absolute Gasteiger partial charge is 0.0463 e. The monoisotopic (exact) mass is 517 g/mol. The van der Waals surface area contributed by atoms with Crippen molar-refractivity contribution in [2.45, 2.75) is 0 Å². The lowest BCUT2D eigenvalue weighted by atomic mass is 10.0. The van der Waals surface area contributed by atoms with E-state index in [1.54, 1.807) is 0 Å². The molecule has 0 aliphatic rings. The molecule has 0 radical (unpaired) electrons. The molecule has 194 valence electrons. The summed E-state index contributed by atoms with van der Waals surface area (Å²) in [5.41, 5.74) is 17.0. The van der Waals surface area contributed by atoms with E-state index in [4.69, 9.17) is 5.73 Å². The Morgan fingerprint density at radius 3 is 1.05 bits per heavy atom. The molecule has 0 unspecified atom stereocenters. The minimum absolute atomic E-state index is 0.764. The van der Waals surface area contributed by atoms with E-state index in [0.717, 1.165) is 34.1 Å². The lowest BCUT2D eigenvalue weighted by Gasteiger charge is -2.27. The van der Waals surface area contributed by atoms with Gasteiger partial charge in [-0.1, -0.05) is 84.9 Å². The molecule has 3 nitrogen and oxygen atoms in total. The molecular formula is C37H31N3. The largest absolute Gasteiger partial charge is 0.399 e. The average Bonchev–Trinajstić information content (AvgIpc) is 3.03. The van der Waals surface area contributed by atoms with E-state index in [-0.39, 0.29) is 0 Å². The summed E-state index contributed by atoms with van der Waals surface area (Å²) in [5, 5.41) is 0. The van der Waals surface area contributed by atoms with Gasteiger partial charge in [-0.15, -0.1) is 0 Å². The second-order valence-electron chi connectivity index (χ2n) is 9.83. The summed E-state index contributed by atoms with van der Waals surface area (Å²) in [6.07, 6.45) is 0. The van der Waals surface area contributed by atoms with Crippen molar-refractivity contribution in [1.29, 1.82) is 0 Å². The minimum Gasteiger partial charge on any atom is -0.399 e. The lowest BCUT2D eigenvalue weighted by Crippen LogP contribution is -2.12. The van der Waals surface area contributed by atoms with Crippen molar-refractivity contribution < 1.29 is 0 Å². The second-order valence-corrected chi connectivity index (χ2v) is 9.83. The quantitative estimate of drug-likeness (QED) is 0.214. The predicted octanol–water partition coefficient (Wildman–Crippen LogP) is 9.84. The van der Waals surface area contributed by atoms with Crippen LogP contribution in [0.3, 0.4) is 0 Å². The number of anilines is 6. The Labute approximate surface area is 236 Å². The molecule has 3 heteroatoms. The van der Waals surface area contributed by atoms with Crippen molar-refractivity contribution in [3.63, 3.8) is 0 Å². The number of rotatable bonds is 7. The van der Waals surface area contributed by atoms with E-state index in [2.05, 4.69) is 138 Å². The SMILES string of the molecule is CN(c1ccc(N)cc1)c1ccc(N(c2ccc(-c3ccccc3)cc2)c2ccc(-c3ccccc3)cc2)cc1. The number of nitrogens with two attached hydrogens (primary N) is 1. The number of hydrogen-bond donors (Lipinski definition) is 1. The van der Waals surface area contributed by atoms with Crippen LogP contribution in [0.5, 0.6) is 0 Å². The van der Waals surface area contributed by atoms with Gasteiger partial charge >= 0.3 is 0 Å². The summed E-state index contributed by atoms with van der Waals surface area (Å²) >= 11 is 0. The van der Waals surface area contributed by atoms with E-state index in [0.29, 0.717) is 0 Å². The molecule has 6 aromatic rings. The predicted molar refractivity (Wildman–Crippen MR) is 171 cm³/mol. The minimum atomic E-state index is 0.764. The third-order valence-corrected chi connectivity index (χ3v) is 7.24. The van der Waals surface area contributed by atoms with Crippen LogP contribution in [-0.4, -0.2) is 7.05 Å². The molecule has 0 bridgehead atoms. The summed E-state index contributed by atoms with van der Waals surface area (Å²) in [7, 11) is 2.07. The molecule has 0 amide bonds. The topological polar surface area (TPSA) is 32.5 Å². The first-order chi connectivity index (χ1) is 19.7. The highest BCUT2D eigenvalue weighted by Crippen LogP contribution is 2.38. The fourth-order valence-electron chi connectivity index (χ4n) is 4.99. The van der Waals surface area contributed by atoms with E-state index in [9.17, 15) is 0 Å². The summed E-state index contributed by atoms with van der Waals surface area (Å²) < 4.78 is 0. The zero-order valence-corrected chi connectivity index (χ0v) is 22.5. The standard InChI is InChI=1S/C37H31N3/c1-39(33-22-16-32(38)17-23-33)34-24-26-37(27-25-34)40(35-18-12-30(13-19-35)28-8-4-2-5-9-28)36-20-14-31(15-21-36)29-10-6-3-7-11-29/h2-27H,38H2,1H3. The van der Waals surface area contributed by atoms with Crippen LogP contribution < -0.4 is 15.5 Å². The van der Waals surface area contributed by atoms with Gasteiger partial charge in [0.05, 0.1) is 0 Å². The zero-order valence-electron chi connectivity index (χ0n) is 22.5. The van der Waals surface area contributed by atoms with Gasteiger partial charge in [-0.25, -0.2) is 0 Å². The van der Waals surface area contributed by atoms with Gasteiger partial charge in [0.1, 0.15) is 0 Å². The van der Waals surface area contributed by atoms with Crippen molar-refractivity contribution in [1.82, 2.24) is 0 Å². The molecule has 0 saturated heterocycles. The highest BCUT2D eigenvalue weighted by Gasteiger charge is 2.14. The van der Waals surface area contributed by atoms with Crippen molar-refractivity contribution >= 4 is 34.1 Å². The van der Waals surface area contributed by atoms with Crippen LogP contribution in [0.15, 0.2) is 158 Å². The number of hydrogen-bond acceptors (Lipinski definition) is 3. The Kier molecular flexibility index (Phi) is 7.02. The average molecular weight is 518 g/mol. The number of nitrogens with zero attached hydrogens (tertiary/aromatic N) is 2. The van der Waals surface area contributed by atoms with Gasteiger partial charge in [0.15, 0.2) is 0 Å². The first kappa shape index (κ1) is 25.0. The molecular weight excluding hydrogens is 486 g/mol. The molecule has 0 aliphatic heterocycles. The van der Waals surface area contributed by atoms with Gasteiger partial charge in [-0.3, -0.25) is 0 Å². The van der Waals surface area contributed by atoms with Gasteiger partial charge in [-0.05, 0) is 95.1 Å². The number of benzene rings is 6. The van der Waals surface area contributed by atoms with Gasteiger partial charge in [0, 0.05) is 41.2 Å². The van der Waals surface area contributed by atoms with E-state index in [1.807, 2.05) is 36.4 Å². The van der Waals surface area contributed by atoms with E-state index < -0.39 is 0 Å². The lowest BCUT2D eigenvalue weighted by molar-refractivity contribution is 1.20. The molecule has 0 spiro atoms. The molecule has 0 atom stereocenters. The number of nitrogen functional groups attached to an aromatic ring is 1. The van der Waals surface area contributed by atoms with Gasteiger partial charge in [0.2, 0.25) is 0 Å². The molecule has 0 heterocycles. The van der Waals surface area contributed by atoms with Crippen LogP contribution in [0.4, 0.5) is 34.1 Å². The summed E-state index contributed by atoms with van der Waals surface area (Å²) in [6, 6.07) is 55.2. The maximum absolute atomic E-state index is 5.89. The Hall–Kier alpha value is -5.28. The fraction of sp³-hybridized carbons (Fsp3) is 0.0270. The second kappa shape index (κ2) is 11.2. The van der Waals surface area contributed by atoms with Crippen LogP contribution in [-0.2, 0) is 0 Å². The van der Waals surface area contributed by atoms with Crippen LogP contribution in [0, 0.1) is 0 Å². The van der Waals surface area contributed by atoms with Gasteiger partial charge in [-0.2, -0.15) is 0 Å². The normalized spacial score (nSPS) is 10.7. The van der Waals surface area contributed by atoms with Gasteiger partial charge in [0.25, 0.3) is 0 Å². The molecule has 0 saturated carbocycles. The Balaban J connectivity index is 1.35. The van der Waals surface area contributed by atoms with Crippen molar-refractivity contribution in [3.05, 3.63) is 158 Å². The van der Waals surface area contributed by atoms with E-state index >= 15 is 0 Å². The maximum atomic E-state index is 5.89. The molecule has 40 heavy (non-hydrogen) atoms. The van der Waals surface area contributed by atoms with Crippen molar-refractivity contribution in [2.24, 2.45) is 0 Å². The molecule has 0 aromatic heterocycles. The van der Waals surface area contributed by atoms with Crippen LogP contribution in [0.1, 0.15) is 0 Å². The third-order valence-electron chi connectivity index (χ3n) is 7.24. The van der Waals surface area contributed by atoms with Crippen molar-refractivity contribution in [3.8, 4) is 22.3 Å². The highest BCUT2D eigenvalue weighted by molar-refractivity contribution is 5.81. The molecule has 0 aliphatic carbocycles. The first-order valence-electron chi connectivity index (χ1n) is 13.5. The molecule has 6 aromatic carbocycles. The zero-order chi connectivity index (χ0) is 27.3. The van der Waals surface area contributed by atoms with Crippen LogP contribution in [0.25, 0.3) is 22.3 Å². The van der Waals surface area contributed by atoms with Crippen LogP contribution in [0.2, 0.25) is 0 Å². The highest BCUT2D eigenvalue weighted by atomic mass is 15.1. The molecule has 6 rings (SSSR count). The Morgan fingerprint density at radius 2 is 0.650 bits per heavy atom. The Bertz CT molecular complexity index is 1580. The summed E-state index contributed by atoms with van der Waals surface area (Å²) in [4.78, 5) is 4.47. The van der Waals surface area contributed by atoms with Gasteiger partial charge < -0.3 is 15.5 Å². The van der Waals surface area contributed by atoms with Crippen LogP contribution >= 0.6 is 0 Å².